The summed E-state index contributed by atoms with van der Waals surface area (Å²) in [5.74, 6) is 1.02. The number of thiophene rings is 1. The number of likely N-dealkylation sites (tertiary alicyclic amines) is 1. The monoisotopic (exact) mass is 268 g/mol. The van der Waals surface area contributed by atoms with Crippen LogP contribution in [0.2, 0.25) is 0 Å². The zero-order chi connectivity index (χ0) is 12.6. The van der Waals surface area contributed by atoms with Crippen molar-refractivity contribution in [3.8, 4) is 5.75 Å². The van der Waals surface area contributed by atoms with E-state index >= 15 is 0 Å². The highest BCUT2D eigenvalue weighted by molar-refractivity contribution is 7.10. The van der Waals surface area contributed by atoms with Crippen molar-refractivity contribution >= 4 is 11.3 Å². The number of methoxy groups -OCH3 is 1. The van der Waals surface area contributed by atoms with Gasteiger partial charge in [0.25, 0.3) is 0 Å². The topological polar surface area (TPSA) is 24.5 Å². The summed E-state index contributed by atoms with van der Waals surface area (Å²) in [6.07, 6.45) is 5.44. The molecule has 0 spiro atoms. The maximum Gasteiger partial charge on any atom is 0.134 e. The molecule has 0 aromatic carbocycles. The summed E-state index contributed by atoms with van der Waals surface area (Å²) in [5, 5.41) is 5.59. The molecule has 0 aliphatic carbocycles. The van der Waals surface area contributed by atoms with Gasteiger partial charge >= 0.3 is 0 Å². The second-order valence-corrected chi connectivity index (χ2v) is 5.85. The molecule has 0 bridgehead atoms. The third-order valence-corrected chi connectivity index (χ3v) is 4.39. The standard InChI is InChI=1S/C14H24N2OS/c1-17-13-6-11-18-14(13)12-15-7-5-10-16-8-3-2-4-9-16/h6,11,15H,2-5,7-10,12H2,1H3. The Morgan fingerprint density at radius 2 is 2.17 bits per heavy atom. The van der Waals surface area contributed by atoms with Crippen molar-refractivity contribution in [3.63, 3.8) is 0 Å². The normalized spacial score (nSPS) is 16.9. The first-order chi connectivity index (χ1) is 8.90. The second-order valence-electron chi connectivity index (χ2n) is 4.84. The van der Waals surface area contributed by atoms with Crippen LogP contribution in [0.3, 0.4) is 0 Å². The Bertz CT molecular complexity index is 334. The molecule has 0 radical (unpaired) electrons. The van der Waals surface area contributed by atoms with Crippen LogP contribution in [0, 0.1) is 0 Å². The Labute approximate surface area is 114 Å². The molecule has 1 N–H and O–H groups in total. The van der Waals surface area contributed by atoms with Gasteiger partial charge in [0.05, 0.1) is 12.0 Å². The quantitative estimate of drug-likeness (QED) is 0.770. The average Bonchev–Trinajstić information content (AvgIpc) is 2.87. The van der Waals surface area contributed by atoms with Crippen molar-refractivity contribution in [3.05, 3.63) is 16.3 Å². The van der Waals surface area contributed by atoms with E-state index in [4.69, 9.17) is 4.74 Å². The number of rotatable bonds is 7. The van der Waals surface area contributed by atoms with Crippen LogP contribution < -0.4 is 10.1 Å². The molecule has 0 unspecified atom stereocenters. The van der Waals surface area contributed by atoms with Gasteiger partial charge in [-0.05, 0) is 56.9 Å². The van der Waals surface area contributed by atoms with Gasteiger partial charge in [-0.1, -0.05) is 6.42 Å². The Kier molecular flexibility index (Phi) is 5.97. The highest BCUT2D eigenvalue weighted by Gasteiger charge is 2.09. The molecule has 2 rings (SSSR count). The van der Waals surface area contributed by atoms with Crippen molar-refractivity contribution in [2.45, 2.75) is 32.2 Å². The molecule has 4 heteroatoms. The first kappa shape index (κ1) is 13.8. The molecule has 1 aromatic heterocycles. The summed E-state index contributed by atoms with van der Waals surface area (Å²) >= 11 is 1.76. The zero-order valence-electron chi connectivity index (χ0n) is 11.3. The van der Waals surface area contributed by atoms with Crippen LogP contribution in [-0.2, 0) is 6.54 Å². The second kappa shape index (κ2) is 7.77. The summed E-state index contributed by atoms with van der Waals surface area (Å²) < 4.78 is 5.30. The molecule has 3 nitrogen and oxygen atoms in total. The van der Waals surface area contributed by atoms with E-state index in [0.29, 0.717) is 0 Å². The van der Waals surface area contributed by atoms with E-state index in [-0.39, 0.29) is 0 Å². The van der Waals surface area contributed by atoms with E-state index in [2.05, 4.69) is 15.6 Å². The van der Waals surface area contributed by atoms with Gasteiger partial charge in [0, 0.05) is 6.54 Å². The summed E-state index contributed by atoms with van der Waals surface area (Å²) in [5.41, 5.74) is 0. The van der Waals surface area contributed by atoms with Crippen LogP contribution in [-0.4, -0.2) is 38.2 Å². The number of piperidine rings is 1. The van der Waals surface area contributed by atoms with Crippen molar-refractivity contribution in [1.82, 2.24) is 10.2 Å². The van der Waals surface area contributed by atoms with E-state index in [1.54, 1.807) is 18.4 Å². The van der Waals surface area contributed by atoms with Crippen molar-refractivity contribution in [1.29, 1.82) is 0 Å². The third-order valence-electron chi connectivity index (χ3n) is 3.49. The molecular formula is C14H24N2OS. The molecular weight excluding hydrogens is 244 g/mol. The maximum atomic E-state index is 5.30. The van der Waals surface area contributed by atoms with Gasteiger partial charge in [-0.15, -0.1) is 11.3 Å². The number of hydrogen-bond acceptors (Lipinski definition) is 4. The molecule has 1 aliphatic rings. The lowest BCUT2D eigenvalue weighted by Gasteiger charge is -2.26. The van der Waals surface area contributed by atoms with Crippen LogP contribution in [0.4, 0.5) is 0 Å². The highest BCUT2D eigenvalue weighted by atomic mass is 32.1. The zero-order valence-corrected chi connectivity index (χ0v) is 12.1. The van der Waals surface area contributed by atoms with Crippen LogP contribution in [0.5, 0.6) is 5.75 Å². The molecule has 18 heavy (non-hydrogen) atoms. The minimum absolute atomic E-state index is 0.931. The molecule has 1 aromatic rings. The Balaban J connectivity index is 1.55. The Morgan fingerprint density at radius 3 is 2.94 bits per heavy atom. The van der Waals surface area contributed by atoms with Crippen LogP contribution in [0.1, 0.15) is 30.6 Å². The molecule has 1 fully saturated rings. The van der Waals surface area contributed by atoms with E-state index < -0.39 is 0 Å². The van der Waals surface area contributed by atoms with Gasteiger partial charge in [-0.25, -0.2) is 0 Å². The smallest absolute Gasteiger partial charge is 0.134 e. The van der Waals surface area contributed by atoms with E-state index in [9.17, 15) is 0 Å². The molecule has 0 atom stereocenters. The third kappa shape index (κ3) is 4.26. The lowest BCUT2D eigenvalue weighted by molar-refractivity contribution is 0.225. The van der Waals surface area contributed by atoms with Crippen LogP contribution in [0.15, 0.2) is 11.4 Å². The molecule has 0 amide bonds. The first-order valence-corrected chi connectivity index (χ1v) is 7.81. The predicted molar refractivity (Wildman–Crippen MR) is 77.5 cm³/mol. The van der Waals surface area contributed by atoms with Crippen molar-refractivity contribution in [2.75, 3.05) is 33.3 Å². The van der Waals surface area contributed by atoms with E-state index in [1.165, 1.54) is 50.2 Å². The number of nitrogens with one attached hydrogen (secondary N) is 1. The van der Waals surface area contributed by atoms with Crippen LogP contribution in [0.25, 0.3) is 0 Å². The molecule has 0 saturated carbocycles. The van der Waals surface area contributed by atoms with E-state index in [0.717, 1.165) is 18.8 Å². The number of hydrogen-bond donors (Lipinski definition) is 1. The first-order valence-electron chi connectivity index (χ1n) is 6.93. The van der Waals surface area contributed by atoms with Crippen molar-refractivity contribution < 1.29 is 4.74 Å². The molecule has 102 valence electrons. The lowest BCUT2D eigenvalue weighted by atomic mass is 10.1. The minimum atomic E-state index is 0.931. The van der Waals surface area contributed by atoms with Crippen molar-refractivity contribution in [2.24, 2.45) is 0 Å². The van der Waals surface area contributed by atoms with Gasteiger partial charge in [0.2, 0.25) is 0 Å². The fraction of sp³-hybridized carbons (Fsp3) is 0.714. The van der Waals surface area contributed by atoms with Gasteiger partial charge < -0.3 is 15.0 Å². The molecule has 1 saturated heterocycles. The summed E-state index contributed by atoms with van der Waals surface area (Å²) in [6, 6.07) is 2.04. The number of nitrogens with zero attached hydrogens (tertiary/aromatic N) is 1. The van der Waals surface area contributed by atoms with Gasteiger partial charge in [0.15, 0.2) is 0 Å². The summed E-state index contributed by atoms with van der Waals surface area (Å²) in [7, 11) is 1.74. The molecule has 2 heterocycles. The van der Waals surface area contributed by atoms with Gasteiger partial charge in [-0.2, -0.15) is 0 Å². The van der Waals surface area contributed by atoms with Gasteiger partial charge in [-0.3, -0.25) is 0 Å². The highest BCUT2D eigenvalue weighted by Crippen LogP contribution is 2.23. The Morgan fingerprint density at radius 1 is 1.33 bits per heavy atom. The summed E-state index contributed by atoms with van der Waals surface area (Å²) in [4.78, 5) is 3.90. The minimum Gasteiger partial charge on any atom is -0.496 e. The maximum absolute atomic E-state index is 5.30. The predicted octanol–water partition coefficient (Wildman–Crippen LogP) is 2.72. The summed E-state index contributed by atoms with van der Waals surface area (Å²) in [6.45, 7) is 5.88. The van der Waals surface area contributed by atoms with E-state index in [1.807, 2.05) is 6.07 Å². The largest absolute Gasteiger partial charge is 0.496 e. The molecule has 1 aliphatic heterocycles. The van der Waals surface area contributed by atoms with Crippen LogP contribution >= 0.6 is 11.3 Å². The fourth-order valence-corrected chi connectivity index (χ4v) is 3.26. The lowest BCUT2D eigenvalue weighted by Crippen LogP contribution is -2.32. The number of ether oxygens (including phenoxy) is 1. The SMILES string of the molecule is COc1ccsc1CNCCCN1CCCCC1. The fourth-order valence-electron chi connectivity index (χ4n) is 2.45. The average molecular weight is 268 g/mol. The van der Waals surface area contributed by atoms with Gasteiger partial charge in [0.1, 0.15) is 5.75 Å². The Hall–Kier alpha value is -0.580.